The fraction of sp³-hybridized carbons (Fsp3) is 0.692. The normalized spacial score (nSPS) is 13.1. The lowest BCUT2D eigenvalue weighted by Crippen LogP contribution is -2.48. The van der Waals surface area contributed by atoms with E-state index < -0.39 is 35.8 Å². The van der Waals surface area contributed by atoms with Crippen LogP contribution in [0.15, 0.2) is 0 Å². The zero-order valence-corrected chi connectivity index (χ0v) is 13.0. The minimum atomic E-state index is -1.13. The Hall–Kier alpha value is -2.16. The molecular formula is C13H24N4O5. The molecule has 0 aromatic heterocycles. The smallest absolute Gasteiger partial charge is 0.326 e. The third-order valence-electron chi connectivity index (χ3n) is 2.62. The van der Waals surface area contributed by atoms with Gasteiger partial charge in [0.2, 0.25) is 17.7 Å². The first-order chi connectivity index (χ1) is 10.1. The second kappa shape index (κ2) is 9.72. The van der Waals surface area contributed by atoms with Crippen LogP contribution in [-0.2, 0) is 19.2 Å². The molecule has 3 amide bonds. The van der Waals surface area contributed by atoms with Crippen molar-refractivity contribution in [3.05, 3.63) is 0 Å². The van der Waals surface area contributed by atoms with Gasteiger partial charge in [-0.2, -0.15) is 0 Å². The molecule has 6 N–H and O–H groups in total. The molecule has 0 saturated heterocycles. The Labute approximate surface area is 129 Å². The quantitative estimate of drug-likeness (QED) is 0.338. The van der Waals surface area contributed by atoms with Crippen LogP contribution >= 0.6 is 0 Å². The zero-order valence-electron chi connectivity index (χ0n) is 13.0. The fourth-order valence-electron chi connectivity index (χ4n) is 1.51. The lowest BCUT2D eigenvalue weighted by molar-refractivity contribution is -0.142. The van der Waals surface area contributed by atoms with Gasteiger partial charge in [-0.15, -0.1) is 0 Å². The molecule has 126 valence electrons. The fourth-order valence-corrected chi connectivity index (χ4v) is 1.51. The number of nitrogens with two attached hydrogens (primary N) is 1. The molecule has 9 nitrogen and oxygen atoms in total. The van der Waals surface area contributed by atoms with Crippen molar-refractivity contribution in [2.24, 2.45) is 11.7 Å². The van der Waals surface area contributed by atoms with Gasteiger partial charge in [-0.05, 0) is 19.3 Å². The van der Waals surface area contributed by atoms with Crippen LogP contribution in [0.2, 0.25) is 0 Å². The maximum Gasteiger partial charge on any atom is 0.326 e. The van der Waals surface area contributed by atoms with E-state index in [0.29, 0.717) is 6.42 Å². The molecule has 0 radical (unpaired) electrons. The van der Waals surface area contributed by atoms with E-state index in [-0.39, 0.29) is 19.0 Å². The van der Waals surface area contributed by atoms with Gasteiger partial charge in [0.05, 0.1) is 19.1 Å². The third kappa shape index (κ3) is 8.90. The Balaban J connectivity index is 4.13. The van der Waals surface area contributed by atoms with Gasteiger partial charge in [0, 0.05) is 0 Å². The van der Waals surface area contributed by atoms with E-state index in [4.69, 9.17) is 10.8 Å². The van der Waals surface area contributed by atoms with E-state index in [1.165, 1.54) is 6.92 Å². The van der Waals surface area contributed by atoms with E-state index in [9.17, 15) is 19.2 Å². The highest BCUT2D eigenvalue weighted by atomic mass is 16.4. The van der Waals surface area contributed by atoms with Crippen LogP contribution < -0.4 is 21.7 Å². The first-order valence-electron chi connectivity index (χ1n) is 6.95. The van der Waals surface area contributed by atoms with E-state index in [2.05, 4.69) is 16.0 Å². The number of hydrogen-bond donors (Lipinski definition) is 5. The molecule has 0 aromatic rings. The molecular weight excluding hydrogens is 292 g/mol. The molecule has 22 heavy (non-hydrogen) atoms. The first kappa shape index (κ1) is 19.8. The van der Waals surface area contributed by atoms with E-state index in [1.807, 2.05) is 13.8 Å². The molecule has 0 aliphatic heterocycles. The minimum Gasteiger partial charge on any atom is -0.480 e. The Bertz CT molecular complexity index is 423. The number of carbonyl (C=O) groups is 4. The standard InChI is InChI=1S/C13H24N4O5/c1-7(2)4-9(13(21)22)17-11(19)6-15-10(18)5-16-12(20)8(3)14/h7-9H,4-6,14H2,1-3H3,(H,15,18)(H,16,20)(H,17,19)(H,21,22). The molecule has 0 spiro atoms. The van der Waals surface area contributed by atoms with Crippen molar-refractivity contribution < 1.29 is 24.3 Å². The maximum absolute atomic E-state index is 11.6. The van der Waals surface area contributed by atoms with E-state index in [0.717, 1.165) is 0 Å². The van der Waals surface area contributed by atoms with Crippen LogP contribution in [0.4, 0.5) is 0 Å². The van der Waals surface area contributed by atoms with Gasteiger partial charge in [0.25, 0.3) is 0 Å². The van der Waals surface area contributed by atoms with Crippen molar-refractivity contribution in [1.29, 1.82) is 0 Å². The number of nitrogens with one attached hydrogen (secondary N) is 3. The Morgan fingerprint density at radius 1 is 1.00 bits per heavy atom. The van der Waals surface area contributed by atoms with Crippen molar-refractivity contribution in [3.63, 3.8) is 0 Å². The molecule has 0 aliphatic rings. The van der Waals surface area contributed by atoms with Gasteiger partial charge in [-0.25, -0.2) is 4.79 Å². The highest BCUT2D eigenvalue weighted by Crippen LogP contribution is 2.04. The Kier molecular flexibility index (Phi) is 8.76. The number of carboxylic acids is 1. The number of carboxylic acid groups (broad SMARTS) is 1. The molecule has 0 bridgehead atoms. The van der Waals surface area contributed by atoms with Crippen LogP contribution in [0.3, 0.4) is 0 Å². The number of amides is 3. The number of hydrogen-bond acceptors (Lipinski definition) is 5. The van der Waals surface area contributed by atoms with Gasteiger partial charge in [-0.1, -0.05) is 13.8 Å². The van der Waals surface area contributed by atoms with Crippen LogP contribution in [0, 0.1) is 5.92 Å². The van der Waals surface area contributed by atoms with Gasteiger partial charge >= 0.3 is 5.97 Å². The summed E-state index contributed by atoms with van der Waals surface area (Å²) in [6.45, 7) is 4.48. The average Bonchev–Trinajstić information content (AvgIpc) is 2.40. The third-order valence-corrected chi connectivity index (χ3v) is 2.62. The predicted octanol–water partition coefficient (Wildman–Crippen LogP) is -1.82. The van der Waals surface area contributed by atoms with E-state index >= 15 is 0 Å². The summed E-state index contributed by atoms with van der Waals surface area (Å²) in [4.78, 5) is 45.1. The molecule has 0 saturated carbocycles. The summed E-state index contributed by atoms with van der Waals surface area (Å²) in [6.07, 6.45) is 0.291. The summed E-state index contributed by atoms with van der Waals surface area (Å²) in [5.74, 6) is -2.69. The molecule has 0 aliphatic carbocycles. The van der Waals surface area contributed by atoms with Crippen molar-refractivity contribution in [2.75, 3.05) is 13.1 Å². The predicted molar refractivity (Wildman–Crippen MR) is 78.7 cm³/mol. The summed E-state index contributed by atoms with van der Waals surface area (Å²) in [6, 6.07) is -1.73. The van der Waals surface area contributed by atoms with Gasteiger partial charge in [0.1, 0.15) is 6.04 Å². The van der Waals surface area contributed by atoms with Crippen LogP contribution in [0.25, 0.3) is 0 Å². The van der Waals surface area contributed by atoms with Crippen molar-refractivity contribution in [1.82, 2.24) is 16.0 Å². The molecule has 0 fully saturated rings. The molecule has 0 rings (SSSR count). The monoisotopic (exact) mass is 316 g/mol. The SMILES string of the molecule is CC(C)CC(NC(=O)CNC(=O)CNC(=O)C(C)N)C(=O)O. The zero-order chi connectivity index (χ0) is 17.3. The summed E-state index contributed by atoms with van der Waals surface area (Å²) < 4.78 is 0. The second-order valence-electron chi connectivity index (χ2n) is 5.37. The Morgan fingerprint density at radius 3 is 2.00 bits per heavy atom. The van der Waals surface area contributed by atoms with Crippen molar-refractivity contribution in [2.45, 2.75) is 39.3 Å². The molecule has 0 aromatic carbocycles. The first-order valence-corrected chi connectivity index (χ1v) is 6.95. The summed E-state index contributed by atoms with van der Waals surface area (Å²) in [5.41, 5.74) is 5.30. The largest absolute Gasteiger partial charge is 0.480 e. The lowest BCUT2D eigenvalue weighted by atomic mass is 10.0. The minimum absolute atomic E-state index is 0.101. The van der Waals surface area contributed by atoms with Crippen LogP contribution in [-0.4, -0.2) is 54.0 Å². The van der Waals surface area contributed by atoms with Crippen LogP contribution in [0.1, 0.15) is 27.2 Å². The number of carbonyl (C=O) groups excluding carboxylic acids is 3. The maximum atomic E-state index is 11.6. The molecule has 2 unspecified atom stereocenters. The summed E-state index contributed by atoms with van der Waals surface area (Å²) in [5, 5.41) is 15.9. The second-order valence-corrected chi connectivity index (χ2v) is 5.37. The van der Waals surface area contributed by atoms with E-state index in [1.54, 1.807) is 0 Å². The highest BCUT2D eigenvalue weighted by molar-refractivity contribution is 5.90. The number of aliphatic carboxylic acids is 1. The number of rotatable bonds is 9. The van der Waals surface area contributed by atoms with Gasteiger partial charge in [-0.3, -0.25) is 14.4 Å². The summed E-state index contributed by atoms with van der Waals surface area (Å²) >= 11 is 0. The molecule has 0 heterocycles. The summed E-state index contributed by atoms with van der Waals surface area (Å²) in [7, 11) is 0. The molecule has 9 heteroatoms. The average molecular weight is 316 g/mol. The molecule has 2 atom stereocenters. The van der Waals surface area contributed by atoms with Gasteiger partial charge in [0.15, 0.2) is 0 Å². The highest BCUT2D eigenvalue weighted by Gasteiger charge is 2.21. The topological polar surface area (TPSA) is 151 Å². The van der Waals surface area contributed by atoms with Crippen LogP contribution in [0.5, 0.6) is 0 Å². The van der Waals surface area contributed by atoms with Crippen molar-refractivity contribution >= 4 is 23.7 Å². The Morgan fingerprint density at radius 2 is 1.55 bits per heavy atom. The van der Waals surface area contributed by atoms with Crippen molar-refractivity contribution in [3.8, 4) is 0 Å². The lowest BCUT2D eigenvalue weighted by Gasteiger charge is -2.16. The van der Waals surface area contributed by atoms with Gasteiger partial charge < -0.3 is 26.8 Å².